The lowest BCUT2D eigenvalue weighted by Gasteiger charge is -2.29. The zero-order chi connectivity index (χ0) is 13.8. The van der Waals surface area contributed by atoms with Gasteiger partial charge in [0.05, 0.1) is 10.2 Å². The van der Waals surface area contributed by atoms with Crippen LogP contribution in [-0.4, -0.2) is 16.6 Å². The van der Waals surface area contributed by atoms with E-state index in [9.17, 15) is 0 Å². The Balaban J connectivity index is 2.27. The number of nitrogens with zero attached hydrogens (tertiary/aromatic N) is 2. The molecule has 1 aromatic heterocycles. The van der Waals surface area contributed by atoms with Crippen molar-refractivity contribution in [2.45, 2.75) is 52.1 Å². The van der Waals surface area contributed by atoms with Crippen LogP contribution in [0.2, 0.25) is 5.15 Å². The summed E-state index contributed by atoms with van der Waals surface area (Å²) in [5.74, 6) is 1.25. The molecule has 0 aromatic carbocycles. The second kappa shape index (κ2) is 7.00. The number of aromatic nitrogens is 2. The molecule has 1 fully saturated rings. The van der Waals surface area contributed by atoms with E-state index >= 15 is 0 Å². The van der Waals surface area contributed by atoms with Gasteiger partial charge in [-0.15, -0.1) is 0 Å². The van der Waals surface area contributed by atoms with Gasteiger partial charge in [0.15, 0.2) is 5.82 Å². The molecule has 2 rings (SSSR count). The predicted octanol–water partition coefficient (Wildman–Crippen LogP) is 4.86. The highest BCUT2D eigenvalue weighted by Gasteiger charge is 2.28. The zero-order valence-electron chi connectivity index (χ0n) is 11.5. The minimum Gasteiger partial charge on any atom is -0.370 e. The topological polar surface area (TPSA) is 35.0 Å². The van der Waals surface area contributed by atoms with E-state index in [1.807, 2.05) is 13.8 Å². The average Bonchev–Trinajstić information content (AvgIpc) is 2.42. The van der Waals surface area contributed by atoms with E-state index in [-0.39, 0.29) is 6.10 Å². The summed E-state index contributed by atoms with van der Waals surface area (Å²) in [6.45, 7) is 4.63. The van der Waals surface area contributed by atoms with Gasteiger partial charge in [0.1, 0.15) is 11.3 Å². The first kappa shape index (κ1) is 15.2. The molecule has 0 radical (unpaired) electrons. The quantitative estimate of drug-likeness (QED) is 0.730. The van der Waals surface area contributed by atoms with E-state index in [0.717, 1.165) is 16.0 Å². The molecule has 1 saturated carbocycles. The van der Waals surface area contributed by atoms with Gasteiger partial charge >= 0.3 is 0 Å². The van der Waals surface area contributed by atoms with Crippen LogP contribution in [0.5, 0.6) is 0 Å². The number of hydrogen-bond donors (Lipinski definition) is 0. The Morgan fingerprint density at radius 1 is 1.32 bits per heavy atom. The predicted molar refractivity (Wildman–Crippen MR) is 80.4 cm³/mol. The van der Waals surface area contributed by atoms with Crippen molar-refractivity contribution in [1.29, 1.82) is 0 Å². The van der Waals surface area contributed by atoms with Crippen LogP contribution in [-0.2, 0) is 4.74 Å². The van der Waals surface area contributed by atoms with Gasteiger partial charge in [-0.1, -0.05) is 30.9 Å². The number of hydrogen-bond acceptors (Lipinski definition) is 3. The third-order valence-electron chi connectivity index (χ3n) is 3.67. The molecule has 3 nitrogen and oxygen atoms in total. The second-order valence-electron chi connectivity index (χ2n) is 5.05. The summed E-state index contributed by atoms with van der Waals surface area (Å²) in [5, 5.41) is 0.475. The molecule has 106 valence electrons. The molecule has 0 bridgehead atoms. The van der Waals surface area contributed by atoms with E-state index in [1.165, 1.54) is 32.1 Å². The molecule has 1 aliphatic carbocycles. The summed E-state index contributed by atoms with van der Waals surface area (Å²) >= 11 is 9.55. The summed E-state index contributed by atoms with van der Waals surface area (Å²) in [5.41, 5.74) is 0.871. The highest BCUT2D eigenvalue weighted by molar-refractivity contribution is 9.10. The van der Waals surface area contributed by atoms with Crippen LogP contribution in [0.25, 0.3) is 0 Å². The fraction of sp³-hybridized carbons (Fsp3) is 0.714. The van der Waals surface area contributed by atoms with Crippen molar-refractivity contribution >= 4 is 27.5 Å². The molecule has 0 amide bonds. The normalized spacial score (nSPS) is 18.5. The van der Waals surface area contributed by atoms with Gasteiger partial charge in [-0.25, -0.2) is 9.97 Å². The van der Waals surface area contributed by atoms with Crippen molar-refractivity contribution in [2.75, 3.05) is 6.61 Å². The molecule has 0 spiro atoms. The van der Waals surface area contributed by atoms with Crippen LogP contribution in [0, 0.1) is 12.8 Å². The van der Waals surface area contributed by atoms with Crippen molar-refractivity contribution in [1.82, 2.24) is 9.97 Å². The summed E-state index contributed by atoms with van der Waals surface area (Å²) in [7, 11) is 0. The molecule has 1 unspecified atom stereocenters. The van der Waals surface area contributed by atoms with Crippen LogP contribution in [0.1, 0.15) is 56.7 Å². The fourth-order valence-corrected chi connectivity index (χ4v) is 3.11. The lowest BCUT2D eigenvalue weighted by molar-refractivity contribution is -0.000305. The Labute approximate surface area is 128 Å². The first-order valence-electron chi connectivity index (χ1n) is 6.94. The highest BCUT2D eigenvalue weighted by atomic mass is 79.9. The summed E-state index contributed by atoms with van der Waals surface area (Å²) in [6, 6.07) is 0. The Hall–Kier alpha value is -0.190. The van der Waals surface area contributed by atoms with E-state index in [2.05, 4.69) is 25.9 Å². The third kappa shape index (κ3) is 3.67. The average molecular weight is 348 g/mol. The third-order valence-corrected chi connectivity index (χ3v) is 5.12. The molecule has 0 N–H and O–H groups in total. The van der Waals surface area contributed by atoms with Crippen LogP contribution in [0.4, 0.5) is 0 Å². The largest absolute Gasteiger partial charge is 0.370 e. The van der Waals surface area contributed by atoms with Crippen LogP contribution in [0.3, 0.4) is 0 Å². The maximum absolute atomic E-state index is 6.15. The molecule has 1 aliphatic rings. The lowest BCUT2D eigenvalue weighted by atomic mass is 9.85. The van der Waals surface area contributed by atoms with Gasteiger partial charge in [0.25, 0.3) is 0 Å². The van der Waals surface area contributed by atoms with Gasteiger partial charge in [0.2, 0.25) is 0 Å². The minimum absolute atomic E-state index is 0.0189. The monoisotopic (exact) mass is 346 g/mol. The first-order valence-corrected chi connectivity index (χ1v) is 8.11. The Kier molecular flexibility index (Phi) is 5.60. The fourth-order valence-electron chi connectivity index (χ4n) is 2.71. The van der Waals surface area contributed by atoms with E-state index in [4.69, 9.17) is 16.3 Å². The van der Waals surface area contributed by atoms with E-state index in [1.54, 1.807) is 0 Å². The van der Waals surface area contributed by atoms with Crippen molar-refractivity contribution in [3.63, 3.8) is 0 Å². The number of rotatable bonds is 4. The van der Waals surface area contributed by atoms with E-state index < -0.39 is 0 Å². The molecule has 5 heteroatoms. The molecule has 1 aromatic rings. The first-order chi connectivity index (χ1) is 9.13. The van der Waals surface area contributed by atoms with Crippen LogP contribution < -0.4 is 0 Å². The molecule has 1 heterocycles. The Bertz CT molecular complexity index is 412. The molecular formula is C14H20BrClN2O. The standard InChI is InChI=1S/C14H20BrClN2O/c1-3-19-12(10-7-5-4-6-8-10)14-17-9(2)11(15)13(16)18-14/h10,12H,3-8H2,1-2H3. The molecule has 0 aliphatic heterocycles. The summed E-state index contributed by atoms with van der Waals surface area (Å²) < 4.78 is 6.69. The van der Waals surface area contributed by atoms with Gasteiger partial charge in [-0.2, -0.15) is 0 Å². The van der Waals surface area contributed by atoms with Gasteiger partial charge in [0, 0.05) is 6.61 Å². The summed E-state index contributed by atoms with van der Waals surface area (Å²) in [6.07, 6.45) is 6.25. The minimum atomic E-state index is -0.0189. The smallest absolute Gasteiger partial charge is 0.159 e. The van der Waals surface area contributed by atoms with E-state index in [0.29, 0.717) is 17.7 Å². The number of aryl methyl sites for hydroxylation is 1. The van der Waals surface area contributed by atoms with Crippen molar-refractivity contribution in [2.24, 2.45) is 5.92 Å². The SMILES string of the molecule is CCOC(c1nc(C)c(Br)c(Cl)n1)C1CCCCC1. The maximum Gasteiger partial charge on any atom is 0.159 e. The van der Waals surface area contributed by atoms with Gasteiger partial charge < -0.3 is 4.74 Å². The van der Waals surface area contributed by atoms with Gasteiger partial charge in [-0.05, 0) is 48.5 Å². The maximum atomic E-state index is 6.15. The molecule has 1 atom stereocenters. The Morgan fingerprint density at radius 3 is 2.58 bits per heavy atom. The number of halogens is 2. The van der Waals surface area contributed by atoms with Crippen molar-refractivity contribution < 1.29 is 4.74 Å². The lowest BCUT2D eigenvalue weighted by Crippen LogP contribution is -2.21. The highest BCUT2D eigenvalue weighted by Crippen LogP contribution is 2.36. The zero-order valence-corrected chi connectivity index (χ0v) is 13.8. The van der Waals surface area contributed by atoms with Gasteiger partial charge in [-0.3, -0.25) is 0 Å². The van der Waals surface area contributed by atoms with Crippen LogP contribution >= 0.6 is 27.5 Å². The summed E-state index contributed by atoms with van der Waals surface area (Å²) in [4.78, 5) is 8.97. The molecule has 19 heavy (non-hydrogen) atoms. The van der Waals surface area contributed by atoms with Crippen LogP contribution in [0.15, 0.2) is 4.47 Å². The van der Waals surface area contributed by atoms with Crippen molar-refractivity contribution in [3.05, 3.63) is 21.1 Å². The van der Waals surface area contributed by atoms with Crippen molar-refractivity contribution in [3.8, 4) is 0 Å². The Morgan fingerprint density at radius 2 is 2.00 bits per heavy atom. The second-order valence-corrected chi connectivity index (χ2v) is 6.20. The molecular weight excluding hydrogens is 328 g/mol. The molecule has 0 saturated heterocycles. The number of ether oxygens (including phenoxy) is 1.